The van der Waals surface area contributed by atoms with Crippen molar-refractivity contribution >= 4 is 27.9 Å². The minimum absolute atomic E-state index is 0.889. The van der Waals surface area contributed by atoms with Gasteiger partial charge in [0.1, 0.15) is 0 Å². The lowest BCUT2D eigenvalue weighted by molar-refractivity contribution is 0.275. The molecule has 4 heteroatoms. The maximum absolute atomic E-state index is 8.98. The third-order valence-corrected chi connectivity index (χ3v) is 0.754. The second kappa shape index (κ2) is 5.33. The van der Waals surface area contributed by atoms with E-state index in [1.54, 1.807) is 0 Å². The molecule has 0 amide bonds. The van der Waals surface area contributed by atoms with E-state index in [2.05, 4.69) is 23.2 Å². The Bertz CT molecular complexity index is 180. The molecule has 1 rings (SSSR count). The van der Waals surface area contributed by atoms with E-state index in [1.807, 2.05) is 36.1 Å². The van der Waals surface area contributed by atoms with Crippen LogP contribution in [-0.2, 0) is 7.05 Å². The summed E-state index contributed by atoms with van der Waals surface area (Å²) in [5.74, 6) is 0. The van der Waals surface area contributed by atoms with Crippen LogP contribution in [0.4, 0.5) is 4.79 Å². The fraction of sp³-hybridized carbons (Fsp3) is 0.167. The second-order valence-corrected chi connectivity index (χ2v) is 2.45. The van der Waals surface area contributed by atoms with Crippen molar-refractivity contribution in [2.75, 3.05) is 0 Å². The maximum Gasteiger partial charge on any atom is 0.313 e. The van der Waals surface area contributed by atoms with Gasteiger partial charge in [0.25, 0.3) is 0 Å². The zero-order valence-electron chi connectivity index (χ0n) is 5.42. The molecule has 56 valence electrons. The molecule has 0 radical (unpaired) electrons. The molecule has 0 aliphatic heterocycles. The van der Waals surface area contributed by atoms with Gasteiger partial charge in [-0.3, -0.25) is 4.79 Å². The number of carbonyl (C=O) groups excluding carboxylic acids is 1. The van der Waals surface area contributed by atoms with Gasteiger partial charge < -0.3 is 4.57 Å². The summed E-state index contributed by atoms with van der Waals surface area (Å²) in [4.78, 5) is 8.98. The Morgan fingerprint density at radius 1 is 1.30 bits per heavy atom. The van der Waals surface area contributed by atoms with Gasteiger partial charge in [-0.25, -0.2) is 0 Å². The second-order valence-electron chi connectivity index (χ2n) is 1.57. The summed E-state index contributed by atoms with van der Waals surface area (Å²) in [5.41, 5.74) is 0. The standard InChI is InChI=1S/C5H7N.CCl2O/c1-6-4-2-3-5-6;2-1(3)4/h2-5H,1H3;. The highest BCUT2D eigenvalue weighted by Crippen LogP contribution is 1.84. The zero-order valence-corrected chi connectivity index (χ0v) is 6.93. The highest BCUT2D eigenvalue weighted by Gasteiger charge is 1.72. The van der Waals surface area contributed by atoms with Crippen molar-refractivity contribution in [3.8, 4) is 0 Å². The van der Waals surface area contributed by atoms with E-state index in [-0.39, 0.29) is 0 Å². The normalized spacial score (nSPS) is 7.90. The van der Waals surface area contributed by atoms with Gasteiger partial charge in [-0.2, -0.15) is 0 Å². The highest BCUT2D eigenvalue weighted by atomic mass is 35.5. The Morgan fingerprint density at radius 2 is 1.60 bits per heavy atom. The number of aryl methyl sites for hydroxylation is 1. The first-order valence-corrected chi connectivity index (χ1v) is 3.30. The van der Waals surface area contributed by atoms with Crippen LogP contribution in [0.3, 0.4) is 0 Å². The Kier molecular flexibility index (Phi) is 5.08. The molecule has 1 aromatic heterocycles. The van der Waals surface area contributed by atoms with Crippen LogP contribution in [-0.4, -0.2) is 9.27 Å². The van der Waals surface area contributed by atoms with E-state index >= 15 is 0 Å². The Labute approximate surface area is 69.4 Å². The molecule has 0 aliphatic carbocycles. The summed E-state index contributed by atoms with van der Waals surface area (Å²) in [5, 5.41) is 0. The lowest BCUT2D eigenvalue weighted by Crippen LogP contribution is -1.75. The number of rotatable bonds is 0. The third kappa shape index (κ3) is 7.53. The molecule has 0 saturated carbocycles. The summed E-state index contributed by atoms with van der Waals surface area (Å²) >= 11 is 8.80. The number of hydrogen-bond donors (Lipinski definition) is 0. The van der Waals surface area contributed by atoms with Gasteiger partial charge in [0.15, 0.2) is 0 Å². The lowest BCUT2D eigenvalue weighted by Gasteiger charge is -1.79. The van der Waals surface area contributed by atoms with Gasteiger partial charge in [-0.05, 0) is 35.3 Å². The van der Waals surface area contributed by atoms with Crippen LogP contribution in [0.5, 0.6) is 0 Å². The largest absolute Gasteiger partial charge is 0.357 e. The molecule has 0 spiro atoms. The van der Waals surface area contributed by atoms with Gasteiger partial charge in [-0.15, -0.1) is 0 Å². The molecule has 1 aromatic rings. The monoisotopic (exact) mass is 179 g/mol. The molecule has 0 bridgehead atoms. The average molecular weight is 180 g/mol. The van der Waals surface area contributed by atoms with E-state index < -0.39 is 4.70 Å². The smallest absolute Gasteiger partial charge is 0.313 e. The summed E-state index contributed by atoms with van der Waals surface area (Å²) in [6.45, 7) is 0. The summed E-state index contributed by atoms with van der Waals surface area (Å²) in [6.07, 6.45) is 4.00. The van der Waals surface area contributed by atoms with Gasteiger partial charge in [-0.1, -0.05) is 0 Å². The molecule has 0 aliphatic rings. The molecule has 0 unspecified atom stereocenters. The van der Waals surface area contributed by atoms with Crippen molar-refractivity contribution in [3.05, 3.63) is 24.5 Å². The molecule has 10 heavy (non-hydrogen) atoms. The zero-order chi connectivity index (χ0) is 7.98. The summed E-state index contributed by atoms with van der Waals surface area (Å²) in [7, 11) is 2.00. The van der Waals surface area contributed by atoms with Crippen molar-refractivity contribution in [3.63, 3.8) is 0 Å². The molecule has 0 aromatic carbocycles. The first-order valence-electron chi connectivity index (χ1n) is 2.55. The maximum atomic E-state index is 8.98. The highest BCUT2D eigenvalue weighted by molar-refractivity contribution is 6.93. The minimum Gasteiger partial charge on any atom is -0.357 e. The van der Waals surface area contributed by atoms with Crippen LogP contribution in [0.15, 0.2) is 24.5 Å². The number of halogens is 2. The van der Waals surface area contributed by atoms with Crippen LogP contribution in [0.2, 0.25) is 0 Å². The van der Waals surface area contributed by atoms with Gasteiger partial charge in [0.05, 0.1) is 0 Å². The Morgan fingerprint density at radius 3 is 1.70 bits per heavy atom. The Hall–Kier alpha value is -0.470. The van der Waals surface area contributed by atoms with Crippen molar-refractivity contribution in [2.24, 2.45) is 7.05 Å². The third-order valence-electron chi connectivity index (χ3n) is 0.754. The Balaban J connectivity index is 0.000000180. The summed E-state index contributed by atoms with van der Waals surface area (Å²) in [6, 6.07) is 4.00. The number of aromatic nitrogens is 1. The van der Waals surface area contributed by atoms with Crippen LogP contribution < -0.4 is 0 Å². The fourth-order valence-corrected chi connectivity index (χ4v) is 0.421. The summed E-state index contributed by atoms with van der Waals surface area (Å²) < 4.78 is 1.11. The van der Waals surface area contributed by atoms with Gasteiger partial charge in [0, 0.05) is 19.4 Å². The van der Waals surface area contributed by atoms with E-state index in [1.165, 1.54) is 0 Å². The molecular weight excluding hydrogens is 173 g/mol. The van der Waals surface area contributed by atoms with E-state index in [0.29, 0.717) is 0 Å². The van der Waals surface area contributed by atoms with Crippen molar-refractivity contribution in [1.29, 1.82) is 0 Å². The predicted molar refractivity (Wildman–Crippen MR) is 42.5 cm³/mol. The van der Waals surface area contributed by atoms with Crippen molar-refractivity contribution in [2.45, 2.75) is 0 Å². The van der Waals surface area contributed by atoms with Crippen molar-refractivity contribution in [1.82, 2.24) is 4.57 Å². The number of carbonyl (C=O) groups is 1. The molecule has 0 N–H and O–H groups in total. The molecule has 0 fully saturated rings. The van der Waals surface area contributed by atoms with Crippen LogP contribution in [0.25, 0.3) is 0 Å². The SMILES string of the molecule is Cn1cccc1.O=C(Cl)Cl. The number of hydrogen-bond acceptors (Lipinski definition) is 1. The molecule has 2 nitrogen and oxygen atoms in total. The van der Waals surface area contributed by atoms with E-state index in [9.17, 15) is 0 Å². The van der Waals surface area contributed by atoms with Crippen LogP contribution in [0, 0.1) is 0 Å². The van der Waals surface area contributed by atoms with Crippen molar-refractivity contribution < 1.29 is 4.79 Å². The van der Waals surface area contributed by atoms with Crippen LogP contribution in [0.1, 0.15) is 0 Å². The van der Waals surface area contributed by atoms with Gasteiger partial charge in [0.2, 0.25) is 0 Å². The lowest BCUT2D eigenvalue weighted by atomic mass is 10.7. The van der Waals surface area contributed by atoms with E-state index in [4.69, 9.17) is 4.79 Å². The predicted octanol–water partition coefficient (Wildman–Crippen LogP) is 2.61. The molecular formula is C6H7Cl2NO. The minimum atomic E-state index is -0.889. The first kappa shape index (κ1) is 9.53. The van der Waals surface area contributed by atoms with Gasteiger partial charge >= 0.3 is 4.70 Å². The van der Waals surface area contributed by atoms with Crippen LogP contribution >= 0.6 is 23.2 Å². The molecule has 0 saturated heterocycles. The quantitative estimate of drug-likeness (QED) is 0.562. The number of nitrogens with zero attached hydrogens (tertiary/aromatic N) is 1. The first-order chi connectivity index (χ1) is 4.63. The molecule has 0 atom stereocenters. The molecule has 1 heterocycles. The fourth-order valence-electron chi connectivity index (χ4n) is 0.421. The van der Waals surface area contributed by atoms with E-state index in [0.717, 1.165) is 0 Å². The average Bonchev–Trinajstić information content (AvgIpc) is 2.15. The topological polar surface area (TPSA) is 22.0 Å².